The van der Waals surface area contributed by atoms with Crippen LogP contribution in [0.1, 0.15) is 10.4 Å². The lowest BCUT2D eigenvalue weighted by molar-refractivity contribution is 0.0735. The second kappa shape index (κ2) is 5.58. The number of hydrogen-bond acceptors (Lipinski definition) is 4. The van der Waals surface area contributed by atoms with Crippen molar-refractivity contribution in [3.63, 3.8) is 0 Å². The second-order valence-electron chi connectivity index (χ2n) is 3.48. The Balaban J connectivity index is 2.05. The zero-order valence-corrected chi connectivity index (χ0v) is 9.37. The second-order valence-corrected chi connectivity index (χ2v) is 3.48. The van der Waals surface area contributed by atoms with Gasteiger partial charge in [-0.05, 0) is 36.4 Å². The summed E-state index contributed by atoms with van der Waals surface area (Å²) < 4.78 is 5.16. The lowest BCUT2D eigenvalue weighted by Crippen LogP contribution is -2.07. The van der Waals surface area contributed by atoms with E-state index in [-0.39, 0.29) is 0 Å². The Morgan fingerprint density at radius 1 is 1.00 bits per heavy atom. The summed E-state index contributed by atoms with van der Waals surface area (Å²) in [5.74, 6) is -0.0230. The van der Waals surface area contributed by atoms with E-state index in [1.807, 2.05) is 6.07 Å². The number of carbonyl (C=O) groups excluding carboxylic acids is 1. The summed E-state index contributed by atoms with van der Waals surface area (Å²) in [5, 5.41) is 2.54. The molecule has 0 aromatic heterocycles. The molecule has 0 atom stereocenters. The Labute approximate surface area is 103 Å². The number of hydrogen-bond donors (Lipinski definition) is 1. The van der Waals surface area contributed by atoms with Crippen LogP contribution in [0.25, 0.3) is 0 Å². The van der Waals surface area contributed by atoms with Crippen molar-refractivity contribution in [1.29, 1.82) is 0 Å². The highest BCUT2D eigenvalue weighted by molar-refractivity contribution is 5.90. The van der Waals surface area contributed by atoms with Gasteiger partial charge in [0.1, 0.15) is 5.75 Å². The molecule has 0 aliphatic rings. The van der Waals surface area contributed by atoms with Gasteiger partial charge in [0.15, 0.2) is 0 Å². The van der Waals surface area contributed by atoms with Crippen LogP contribution in [0.15, 0.2) is 59.9 Å². The van der Waals surface area contributed by atoms with E-state index < -0.39 is 5.97 Å². The minimum Gasteiger partial charge on any atom is -0.423 e. The highest BCUT2D eigenvalue weighted by Crippen LogP contribution is 2.17. The van der Waals surface area contributed by atoms with Gasteiger partial charge >= 0.3 is 5.97 Å². The molecule has 18 heavy (non-hydrogen) atoms. The van der Waals surface area contributed by atoms with E-state index in [4.69, 9.17) is 4.74 Å². The van der Waals surface area contributed by atoms with Crippen LogP contribution >= 0.6 is 0 Å². The Morgan fingerprint density at radius 2 is 1.67 bits per heavy atom. The lowest BCUT2D eigenvalue weighted by atomic mass is 10.2. The molecule has 5 nitrogen and oxygen atoms in total. The summed E-state index contributed by atoms with van der Waals surface area (Å²) in [5.41, 5.74) is 3.26. The van der Waals surface area contributed by atoms with Crippen molar-refractivity contribution in [2.45, 2.75) is 0 Å². The molecule has 0 radical (unpaired) electrons. The van der Waals surface area contributed by atoms with Crippen molar-refractivity contribution >= 4 is 11.7 Å². The fraction of sp³-hybridized carbons (Fsp3) is 0. The van der Waals surface area contributed by atoms with Crippen LogP contribution in [0, 0.1) is 4.91 Å². The predicted molar refractivity (Wildman–Crippen MR) is 67.3 cm³/mol. The van der Waals surface area contributed by atoms with Gasteiger partial charge in [0.25, 0.3) is 0 Å². The number of nitrogens with one attached hydrogen (secondary N) is 1. The van der Waals surface area contributed by atoms with Crippen molar-refractivity contribution in [2.24, 2.45) is 5.29 Å². The third kappa shape index (κ3) is 2.91. The van der Waals surface area contributed by atoms with Crippen LogP contribution in [-0.4, -0.2) is 5.97 Å². The molecule has 0 saturated heterocycles. The fourth-order valence-electron chi connectivity index (χ4n) is 1.39. The summed E-state index contributed by atoms with van der Waals surface area (Å²) in [4.78, 5) is 21.7. The first-order chi connectivity index (χ1) is 8.79. The molecule has 1 N–H and O–H groups in total. The number of ether oxygens (including phenoxy) is 1. The Kier molecular flexibility index (Phi) is 3.66. The van der Waals surface area contributed by atoms with E-state index >= 15 is 0 Å². The lowest BCUT2D eigenvalue weighted by Gasteiger charge is -2.04. The minimum absolute atomic E-state index is 0.403. The zero-order chi connectivity index (χ0) is 12.8. The SMILES string of the molecule is O=NNc1ccc(OC(=O)c2ccccc2)cc1. The maximum atomic E-state index is 11.7. The minimum atomic E-state index is -0.426. The Morgan fingerprint density at radius 3 is 2.28 bits per heavy atom. The number of anilines is 1. The first-order valence-electron chi connectivity index (χ1n) is 5.25. The Hall–Kier alpha value is -2.69. The first kappa shape index (κ1) is 11.8. The number of nitroso groups, excluding NO2 is 1. The summed E-state index contributed by atoms with van der Waals surface area (Å²) >= 11 is 0. The molecule has 0 unspecified atom stereocenters. The monoisotopic (exact) mass is 242 g/mol. The third-order valence-corrected chi connectivity index (χ3v) is 2.25. The molecule has 90 valence electrons. The van der Waals surface area contributed by atoms with Crippen molar-refractivity contribution < 1.29 is 9.53 Å². The molecule has 2 aromatic carbocycles. The van der Waals surface area contributed by atoms with Crippen molar-refractivity contribution in [3.8, 4) is 5.75 Å². The number of carbonyl (C=O) groups is 1. The van der Waals surface area contributed by atoms with Crippen LogP contribution < -0.4 is 10.2 Å². The first-order valence-corrected chi connectivity index (χ1v) is 5.25. The van der Waals surface area contributed by atoms with Gasteiger partial charge in [0, 0.05) is 0 Å². The standard InChI is InChI=1S/C13H10N2O3/c16-13(10-4-2-1-3-5-10)18-12-8-6-11(7-9-12)14-15-17/h1-9H,(H,14,17). The molecule has 0 aliphatic carbocycles. The van der Waals surface area contributed by atoms with E-state index in [0.29, 0.717) is 17.0 Å². The maximum absolute atomic E-state index is 11.7. The van der Waals surface area contributed by atoms with Gasteiger partial charge < -0.3 is 4.74 Å². The van der Waals surface area contributed by atoms with Gasteiger partial charge in [-0.2, -0.15) is 0 Å². The van der Waals surface area contributed by atoms with Crippen LogP contribution in [0.3, 0.4) is 0 Å². The van der Waals surface area contributed by atoms with Crippen LogP contribution in [0.2, 0.25) is 0 Å². The zero-order valence-electron chi connectivity index (χ0n) is 9.37. The molecule has 0 fully saturated rings. The van der Waals surface area contributed by atoms with Crippen LogP contribution in [0.4, 0.5) is 5.69 Å². The smallest absolute Gasteiger partial charge is 0.343 e. The molecular formula is C13H10N2O3. The van der Waals surface area contributed by atoms with Crippen molar-refractivity contribution in [1.82, 2.24) is 0 Å². The Bertz CT molecular complexity index is 538. The van der Waals surface area contributed by atoms with E-state index in [1.165, 1.54) is 0 Å². The fourth-order valence-corrected chi connectivity index (χ4v) is 1.39. The highest BCUT2D eigenvalue weighted by atomic mass is 16.5. The molecule has 5 heteroatoms. The molecule has 0 saturated carbocycles. The molecule has 0 aliphatic heterocycles. The van der Waals surface area contributed by atoms with Crippen molar-refractivity contribution in [3.05, 3.63) is 65.1 Å². The predicted octanol–water partition coefficient (Wildman–Crippen LogP) is 3.00. The molecule has 0 amide bonds. The third-order valence-electron chi connectivity index (χ3n) is 2.25. The highest BCUT2D eigenvalue weighted by Gasteiger charge is 2.07. The van der Waals surface area contributed by atoms with Gasteiger partial charge in [0.05, 0.1) is 16.5 Å². The van der Waals surface area contributed by atoms with E-state index in [9.17, 15) is 9.70 Å². The van der Waals surface area contributed by atoms with Gasteiger partial charge in [0.2, 0.25) is 0 Å². The molecule has 0 bridgehead atoms. The molecule has 2 aromatic rings. The number of benzene rings is 2. The average molecular weight is 242 g/mol. The van der Waals surface area contributed by atoms with Crippen LogP contribution in [0.5, 0.6) is 5.75 Å². The largest absolute Gasteiger partial charge is 0.423 e. The van der Waals surface area contributed by atoms with Crippen molar-refractivity contribution in [2.75, 3.05) is 5.43 Å². The average Bonchev–Trinajstić information content (AvgIpc) is 2.42. The van der Waals surface area contributed by atoms with Gasteiger partial charge in [-0.15, -0.1) is 4.91 Å². The molecule has 0 heterocycles. The van der Waals surface area contributed by atoms with E-state index in [1.54, 1.807) is 48.5 Å². The molecule has 0 spiro atoms. The summed E-state index contributed by atoms with van der Waals surface area (Å²) in [6, 6.07) is 15.0. The number of esters is 1. The van der Waals surface area contributed by atoms with Gasteiger partial charge in [-0.3, -0.25) is 0 Å². The quantitative estimate of drug-likeness (QED) is 0.387. The maximum Gasteiger partial charge on any atom is 0.343 e. The topological polar surface area (TPSA) is 67.8 Å². The molecular weight excluding hydrogens is 232 g/mol. The summed E-state index contributed by atoms with van der Waals surface area (Å²) in [6.45, 7) is 0. The van der Waals surface area contributed by atoms with E-state index in [2.05, 4.69) is 10.7 Å². The van der Waals surface area contributed by atoms with E-state index in [0.717, 1.165) is 0 Å². The summed E-state index contributed by atoms with van der Waals surface area (Å²) in [6.07, 6.45) is 0. The summed E-state index contributed by atoms with van der Waals surface area (Å²) in [7, 11) is 0. The molecule has 2 rings (SSSR count). The normalized spacial score (nSPS) is 9.56. The van der Waals surface area contributed by atoms with Crippen LogP contribution in [-0.2, 0) is 0 Å². The van der Waals surface area contributed by atoms with Gasteiger partial charge in [-0.25, -0.2) is 10.2 Å². The number of nitrogens with zero attached hydrogens (tertiary/aromatic N) is 1. The van der Waals surface area contributed by atoms with Gasteiger partial charge in [-0.1, -0.05) is 18.2 Å². The number of rotatable bonds is 4.